The normalized spacial score (nSPS) is 23.6. The monoisotopic (exact) mass is 186 g/mol. The molecule has 0 amide bonds. The van der Waals surface area contributed by atoms with Gasteiger partial charge in [-0.15, -0.1) is 0 Å². The molecule has 0 fully saturated rings. The van der Waals surface area contributed by atoms with Crippen molar-refractivity contribution in [3.05, 3.63) is 47.0 Å². The number of ether oxygens (including phenoxy) is 1. The Balaban J connectivity index is 2.09. The predicted molar refractivity (Wildman–Crippen MR) is 51.9 cm³/mol. The second kappa shape index (κ2) is 2.71. The van der Waals surface area contributed by atoms with E-state index in [9.17, 15) is 4.79 Å². The number of hydrogen-bond donors (Lipinski definition) is 0. The number of esters is 1. The fourth-order valence-corrected chi connectivity index (χ4v) is 1.97. The molecule has 0 saturated carbocycles. The van der Waals surface area contributed by atoms with E-state index in [0.29, 0.717) is 0 Å². The predicted octanol–water partition coefficient (Wildman–Crippen LogP) is 2.62. The molecule has 1 atom stereocenters. The summed E-state index contributed by atoms with van der Waals surface area (Å²) in [5.41, 5.74) is 3.01. The molecule has 1 heterocycles. The number of cyclic esters (lactones) is 1. The molecule has 1 unspecified atom stereocenters. The quantitative estimate of drug-likeness (QED) is 0.497. The lowest BCUT2D eigenvalue weighted by atomic mass is 9.89. The Morgan fingerprint density at radius 2 is 2.07 bits per heavy atom. The van der Waals surface area contributed by atoms with Crippen LogP contribution >= 0.6 is 0 Å². The Labute approximate surface area is 82.2 Å². The molecule has 2 aliphatic rings. The number of rotatable bonds is 1. The summed E-state index contributed by atoms with van der Waals surface area (Å²) < 4.78 is 5.33. The second-order valence-electron chi connectivity index (χ2n) is 3.69. The number of fused-ring (bicyclic) bond motifs is 1. The maximum absolute atomic E-state index is 11.5. The first-order valence-corrected chi connectivity index (χ1v) is 4.85. The minimum absolute atomic E-state index is 0.0903. The first-order valence-electron chi connectivity index (χ1n) is 4.85. The van der Waals surface area contributed by atoms with Crippen LogP contribution in [-0.2, 0) is 4.74 Å². The maximum atomic E-state index is 11.5. The van der Waals surface area contributed by atoms with Crippen molar-refractivity contribution < 1.29 is 9.53 Å². The first-order chi connectivity index (χ1) is 6.86. The van der Waals surface area contributed by atoms with Gasteiger partial charge in [0.2, 0.25) is 0 Å². The lowest BCUT2D eigenvalue weighted by Gasteiger charge is -2.20. The van der Waals surface area contributed by atoms with Crippen molar-refractivity contribution in [2.24, 2.45) is 0 Å². The van der Waals surface area contributed by atoms with E-state index < -0.39 is 0 Å². The summed E-state index contributed by atoms with van der Waals surface area (Å²) in [5.74, 6) is -0.182. The van der Waals surface area contributed by atoms with Gasteiger partial charge in [0.15, 0.2) is 0 Å². The number of carbonyl (C=O) groups excluding carboxylic acids is 1. The summed E-state index contributed by atoms with van der Waals surface area (Å²) >= 11 is 0. The maximum Gasteiger partial charge on any atom is 0.339 e. The van der Waals surface area contributed by atoms with Crippen molar-refractivity contribution in [1.82, 2.24) is 0 Å². The minimum Gasteiger partial charge on any atom is -0.449 e. The van der Waals surface area contributed by atoms with Crippen molar-refractivity contribution in [1.29, 1.82) is 0 Å². The van der Waals surface area contributed by atoms with Crippen LogP contribution in [0.2, 0.25) is 0 Å². The van der Waals surface area contributed by atoms with Crippen molar-refractivity contribution in [3.63, 3.8) is 0 Å². The van der Waals surface area contributed by atoms with Crippen LogP contribution < -0.4 is 0 Å². The minimum atomic E-state index is -0.182. The highest BCUT2D eigenvalue weighted by atomic mass is 16.5. The van der Waals surface area contributed by atoms with Crippen LogP contribution in [0.3, 0.4) is 0 Å². The van der Waals surface area contributed by atoms with Crippen molar-refractivity contribution in [2.45, 2.75) is 18.9 Å². The zero-order chi connectivity index (χ0) is 9.54. The standard InChI is InChI=1S/C12H10O2/c13-12-10-7-2-1-6-9(10)11(14-12)8-4-3-5-8/h1-2,4,6-7,11H,3,5H2. The van der Waals surface area contributed by atoms with E-state index in [1.54, 1.807) is 0 Å². The van der Waals surface area contributed by atoms with Crippen LogP contribution in [0.25, 0.3) is 0 Å². The molecule has 0 spiro atoms. The molecule has 0 bridgehead atoms. The molecule has 0 saturated heterocycles. The van der Waals surface area contributed by atoms with Crippen LogP contribution in [0.4, 0.5) is 0 Å². The zero-order valence-electron chi connectivity index (χ0n) is 7.69. The molecule has 1 aromatic carbocycles. The van der Waals surface area contributed by atoms with Crippen LogP contribution in [0, 0.1) is 0 Å². The molecule has 0 aromatic heterocycles. The fraction of sp³-hybridized carbons (Fsp3) is 0.250. The first kappa shape index (κ1) is 7.80. The van der Waals surface area contributed by atoms with E-state index in [0.717, 1.165) is 24.0 Å². The number of allylic oxidation sites excluding steroid dienone is 1. The molecule has 3 rings (SSSR count). The third-order valence-corrected chi connectivity index (χ3v) is 2.86. The van der Waals surface area contributed by atoms with Gasteiger partial charge in [0, 0.05) is 5.56 Å². The van der Waals surface area contributed by atoms with Gasteiger partial charge in [-0.3, -0.25) is 0 Å². The summed E-state index contributed by atoms with van der Waals surface area (Å²) in [6.07, 6.45) is 4.24. The Kier molecular flexibility index (Phi) is 1.51. The topological polar surface area (TPSA) is 26.3 Å². The molecule has 14 heavy (non-hydrogen) atoms. The van der Waals surface area contributed by atoms with E-state index in [2.05, 4.69) is 6.08 Å². The molecule has 70 valence electrons. The molecular weight excluding hydrogens is 176 g/mol. The van der Waals surface area contributed by atoms with Gasteiger partial charge in [0.1, 0.15) is 6.10 Å². The van der Waals surface area contributed by atoms with Crippen molar-refractivity contribution in [3.8, 4) is 0 Å². The number of hydrogen-bond acceptors (Lipinski definition) is 2. The molecule has 2 heteroatoms. The van der Waals surface area contributed by atoms with Gasteiger partial charge in [-0.25, -0.2) is 4.79 Å². The third kappa shape index (κ3) is 0.939. The lowest BCUT2D eigenvalue weighted by molar-refractivity contribution is 0.0438. The van der Waals surface area contributed by atoms with Gasteiger partial charge in [-0.2, -0.15) is 0 Å². The highest BCUT2D eigenvalue weighted by Gasteiger charge is 2.34. The van der Waals surface area contributed by atoms with Gasteiger partial charge < -0.3 is 4.74 Å². The van der Waals surface area contributed by atoms with Gasteiger partial charge in [0.05, 0.1) is 5.56 Å². The summed E-state index contributed by atoms with van der Waals surface area (Å²) in [6.45, 7) is 0. The van der Waals surface area contributed by atoms with Gasteiger partial charge >= 0.3 is 5.97 Å². The van der Waals surface area contributed by atoms with Crippen molar-refractivity contribution >= 4 is 5.97 Å². The molecular formula is C12H10O2. The molecule has 0 radical (unpaired) electrons. The van der Waals surface area contributed by atoms with Crippen LogP contribution in [0.1, 0.15) is 34.9 Å². The molecule has 1 aliphatic heterocycles. The lowest BCUT2D eigenvalue weighted by Crippen LogP contribution is -2.07. The fourth-order valence-electron chi connectivity index (χ4n) is 1.97. The average molecular weight is 186 g/mol. The SMILES string of the molecule is O=C1OC(C2=CCC2)c2ccccc21. The van der Waals surface area contributed by atoms with E-state index in [1.165, 1.54) is 5.57 Å². The third-order valence-electron chi connectivity index (χ3n) is 2.86. The largest absolute Gasteiger partial charge is 0.449 e. The van der Waals surface area contributed by atoms with Crippen LogP contribution in [-0.4, -0.2) is 5.97 Å². The molecule has 2 nitrogen and oxygen atoms in total. The molecule has 1 aromatic rings. The Morgan fingerprint density at radius 3 is 2.79 bits per heavy atom. The van der Waals surface area contributed by atoms with Crippen molar-refractivity contribution in [2.75, 3.05) is 0 Å². The van der Waals surface area contributed by atoms with Crippen LogP contribution in [0.5, 0.6) is 0 Å². The number of benzene rings is 1. The van der Waals surface area contributed by atoms with Gasteiger partial charge in [-0.05, 0) is 24.5 Å². The van der Waals surface area contributed by atoms with E-state index >= 15 is 0 Å². The Hall–Kier alpha value is -1.57. The van der Waals surface area contributed by atoms with Gasteiger partial charge in [-0.1, -0.05) is 24.3 Å². The van der Waals surface area contributed by atoms with E-state index in [-0.39, 0.29) is 12.1 Å². The van der Waals surface area contributed by atoms with Crippen LogP contribution in [0.15, 0.2) is 35.9 Å². The molecule has 1 aliphatic carbocycles. The van der Waals surface area contributed by atoms with Gasteiger partial charge in [0.25, 0.3) is 0 Å². The summed E-state index contributed by atoms with van der Waals surface area (Å²) in [5, 5.41) is 0. The number of carbonyl (C=O) groups is 1. The summed E-state index contributed by atoms with van der Waals surface area (Å²) in [4.78, 5) is 11.5. The highest BCUT2D eigenvalue weighted by Crippen LogP contribution is 2.40. The second-order valence-corrected chi connectivity index (χ2v) is 3.69. The summed E-state index contributed by atoms with van der Waals surface area (Å²) in [7, 11) is 0. The Morgan fingerprint density at radius 1 is 1.29 bits per heavy atom. The Bertz CT molecular complexity index is 432. The highest BCUT2D eigenvalue weighted by molar-refractivity contribution is 5.94. The summed E-state index contributed by atoms with van der Waals surface area (Å²) in [6, 6.07) is 7.63. The van der Waals surface area contributed by atoms with E-state index in [1.807, 2.05) is 24.3 Å². The molecule has 0 N–H and O–H groups in total. The smallest absolute Gasteiger partial charge is 0.339 e. The zero-order valence-corrected chi connectivity index (χ0v) is 7.69. The average Bonchev–Trinajstić information content (AvgIpc) is 2.43. The van der Waals surface area contributed by atoms with E-state index in [4.69, 9.17) is 4.74 Å².